The highest BCUT2D eigenvalue weighted by atomic mass is 16.4. The molecular formula is C15H26N2O3. The van der Waals surface area contributed by atoms with Crippen LogP contribution < -0.4 is 5.32 Å². The fourth-order valence-electron chi connectivity index (χ4n) is 3.41. The first kappa shape index (κ1) is 15.1. The highest BCUT2D eigenvalue weighted by molar-refractivity contribution is 5.79. The molecular weight excluding hydrogens is 256 g/mol. The predicted octanol–water partition coefficient (Wildman–Crippen LogP) is 2.46. The zero-order valence-corrected chi connectivity index (χ0v) is 12.6. The number of amides is 2. The summed E-state index contributed by atoms with van der Waals surface area (Å²) >= 11 is 0. The second-order valence-electron chi connectivity index (χ2n) is 6.80. The van der Waals surface area contributed by atoms with Crippen LogP contribution in [0.5, 0.6) is 0 Å². The number of hydrogen-bond donors (Lipinski definition) is 2. The molecule has 2 fully saturated rings. The van der Waals surface area contributed by atoms with Crippen molar-refractivity contribution < 1.29 is 14.7 Å². The molecule has 1 unspecified atom stereocenters. The minimum atomic E-state index is -0.811. The Kier molecular flexibility index (Phi) is 4.25. The van der Waals surface area contributed by atoms with E-state index in [-0.39, 0.29) is 6.03 Å². The van der Waals surface area contributed by atoms with Gasteiger partial charge in [-0.15, -0.1) is 0 Å². The first-order valence-corrected chi connectivity index (χ1v) is 7.67. The zero-order chi connectivity index (χ0) is 14.8. The number of likely N-dealkylation sites (tertiary alicyclic amines) is 1. The Hall–Kier alpha value is -1.26. The molecule has 2 N–H and O–H groups in total. The maximum atomic E-state index is 12.2. The average Bonchev–Trinajstić information content (AvgIpc) is 2.76. The van der Waals surface area contributed by atoms with Crippen molar-refractivity contribution in [2.45, 2.75) is 52.4 Å². The monoisotopic (exact) mass is 282 g/mol. The van der Waals surface area contributed by atoms with E-state index in [1.54, 1.807) is 11.8 Å². The molecule has 1 heterocycles. The summed E-state index contributed by atoms with van der Waals surface area (Å²) in [5, 5.41) is 12.2. The third-order valence-electron chi connectivity index (χ3n) is 5.09. The maximum absolute atomic E-state index is 12.2. The predicted molar refractivity (Wildman–Crippen MR) is 76.5 cm³/mol. The van der Waals surface area contributed by atoms with Gasteiger partial charge in [0.25, 0.3) is 0 Å². The molecule has 1 saturated heterocycles. The van der Waals surface area contributed by atoms with E-state index < -0.39 is 11.4 Å². The van der Waals surface area contributed by atoms with Crippen molar-refractivity contribution in [2.75, 3.05) is 19.6 Å². The van der Waals surface area contributed by atoms with E-state index in [1.165, 1.54) is 25.7 Å². The number of hydrogen-bond acceptors (Lipinski definition) is 2. The normalized spacial score (nSPS) is 28.0. The Morgan fingerprint density at radius 3 is 2.45 bits per heavy atom. The third-order valence-corrected chi connectivity index (χ3v) is 5.09. The van der Waals surface area contributed by atoms with E-state index in [4.69, 9.17) is 0 Å². The molecule has 0 aromatic carbocycles. The topological polar surface area (TPSA) is 69.6 Å². The first-order valence-electron chi connectivity index (χ1n) is 7.67. The lowest BCUT2D eigenvalue weighted by molar-refractivity contribution is -0.147. The SMILES string of the molecule is CCCC1(CNC(=O)N2CCC(C)(C(=O)O)C2)CCC1. The molecule has 5 nitrogen and oxygen atoms in total. The summed E-state index contributed by atoms with van der Waals surface area (Å²) in [5.74, 6) is -0.811. The maximum Gasteiger partial charge on any atom is 0.317 e. The van der Waals surface area contributed by atoms with Crippen LogP contribution in [0.3, 0.4) is 0 Å². The van der Waals surface area contributed by atoms with Crippen molar-refractivity contribution in [1.82, 2.24) is 10.2 Å². The molecule has 1 aliphatic heterocycles. The number of urea groups is 1. The van der Waals surface area contributed by atoms with Crippen LogP contribution >= 0.6 is 0 Å². The van der Waals surface area contributed by atoms with Gasteiger partial charge in [0.2, 0.25) is 0 Å². The van der Waals surface area contributed by atoms with Crippen molar-refractivity contribution in [3.63, 3.8) is 0 Å². The number of aliphatic carboxylic acids is 1. The highest BCUT2D eigenvalue weighted by Crippen LogP contribution is 2.44. The molecule has 5 heteroatoms. The van der Waals surface area contributed by atoms with E-state index in [0.29, 0.717) is 24.9 Å². The summed E-state index contributed by atoms with van der Waals surface area (Å²) in [6, 6.07) is -0.0997. The van der Waals surface area contributed by atoms with E-state index in [2.05, 4.69) is 12.2 Å². The minimum Gasteiger partial charge on any atom is -0.481 e. The number of carbonyl (C=O) groups is 2. The molecule has 0 bridgehead atoms. The molecule has 1 saturated carbocycles. The van der Waals surface area contributed by atoms with Gasteiger partial charge >= 0.3 is 12.0 Å². The van der Waals surface area contributed by atoms with Gasteiger partial charge in [-0.3, -0.25) is 4.79 Å². The molecule has 2 aliphatic rings. The van der Waals surface area contributed by atoms with Gasteiger partial charge in [-0.2, -0.15) is 0 Å². The second-order valence-corrected chi connectivity index (χ2v) is 6.80. The molecule has 0 spiro atoms. The van der Waals surface area contributed by atoms with Crippen molar-refractivity contribution in [1.29, 1.82) is 0 Å². The minimum absolute atomic E-state index is 0.0997. The number of carbonyl (C=O) groups excluding carboxylic acids is 1. The fraction of sp³-hybridized carbons (Fsp3) is 0.867. The zero-order valence-electron chi connectivity index (χ0n) is 12.6. The van der Waals surface area contributed by atoms with Gasteiger partial charge in [-0.05, 0) is 38.0 Å². The Balaban J connectivity index is 1.83. The van der Waals surface area contributed by atoms with E-state index >= 15 is 0 Å². The van der Waals surface area contributed by atoms with Gasteiger partial charge in [0.1, 0.15) is 0 Å². The van der Waals surface area contributed by atoms with E-state index in [9.17, 15) is 14.7 Å². The molecule has 20 heavy (non-hydrogen) atoms. The first-order chi connectivity index (χ1) is 9.41. The van der Waals surface area contributed by atoms with Crippen molar-refractivity contribution in [3.8, 4) is 0 Å². The van der Waals surface area contributed by atoms with Crippen LogP contribution in [0.2, 0.25) is 0 Å². The van der Waals surface area contributed by atoms with Crippen molar-refractivity contribution in [3.05, 3.63) is 0 Å². The number of rotatable bonds is 5. The molecule has 1 atom stereocenters. The highest BCUT2D eigenvalue weighted by Gasteiger charge is 2.43. The summed E-state index contributed by atoms with van der Waals surface area (Å²) in [6.07, 6.45) is 6.52. The standard InChI is InChI=1S/C15H26N2O3/c1-3-5-15(6-4-7-15)10-16-13(20)17-9-8-14(2,11-17)12(18)19/h3-11H2,1-2H3,(H,16,20)(H,18,19). The Morgan fingerprint density at radius 1 is 1.30 bits per heavy atom. The van der Waals surface area contributed by atoms with E-state index in [0.717, 1.165) is 13.0 Å². The van der Waals surface area contributed by atoms with Crippen molar-refractivity contribution >= 4 is 12.0 Å². The molecule has 2 amide bonds. The van der Waals surface area contributed by atoms with Gasteiger partial charge < -0.3 is 15.3 Å². The quantitative estimate of drug-likeness (QED) is 0.814. The lowest BCUT2D eigenvalue weighted by atomic mass is 9.66. The number of carboxylic acid groups (broad SMARTS) is 1. The van der Waals surface area contributed by atoms with Gasteiger partial charge in [0.15, 0.2) is 0 Å². The number of nitrogens with zero attached hydrogens (tertiary/aromatic N) is 1. The summed E-state index contributed by atoms with van der Waals surface area (Å²) in [5.41, 5.74) is -0.477. The van der Waals surface area contributed by atoms with Crippen LogP contribution in [-0.4, -0.2) is 41.6 Å². The summed E-state index contributed by atoms with van der Waals surface area (Å²) in [7, 11) is 0. The van der Waals surface area contributed by atoms with Crippen LogP contribution in [-0.2, 0) is 4.79 Å². The van der Waals surface area contributed by atoms with Crippen LogP contribution in [0.15, 0.2) is 0 Å². The Morgan fingerprint density at radius 2 is 2.00 bits per heavy atom. The summed E-state index contributed by atoms with van der Waals surface area (Å²) in [4.78, 5) is 25.0. The van der Waals surface area contributed by atoms with E-state index in [1.807, 2.05) is 0 Å². The van der Waals surface area contributed by atoms with Gasteiger partial charge in [-0.1, -0.05) is 19.8 Å². The lowest BCUT2D eigenvalue weighted by Crippen LogP contribution is -2.47. The largest absolute Gasteiger partial charge is 0.481 e. The Labute approximate surface area is 120 Å². The Bertz CT molecular complexity index is 393. The van der Waals surface area contributed by atoms with Gasteiger partial charge in [0, 0.05) is 19.6 Å². The smallest absolute Gasteiger partial charge is 0.317 e. The lowest BCUT2D eigenvalue weighted by Gasteiger charge is -2.42. The number of carboxylic acids is 1. The molecule has 0 radical (unpaired) electrons. The fourth-order valence-corrected chi connectivity index (χ4v) is 3.41. The molecule has 2 rings (SSSR count). The van der Waals surface area contributed by atoms with Gasteiger partial charge in [0.05, 0.1) is 5.41 Å². The molecule has 1 aliphatic carbocycles. The molecule has 114 valence electrons. The molecule has 0 aromatic rings. The third kappa shape index (κ3) is 2.91. The van der Waals surface area contributed by atoms with Crippen molar-refractivity contribution in [2.24, 2.45) is 10.8 Å². The van der Waals surface area contributed by atoms with Crippen LogP contribution in [0.25, 0.3) is 0 Å². The molecule has 0 aromatic heterocycles. The second kappa shape index (κ2) is 5.62. The van der Waals surface area contributed by atoms with Gasteiger partial charge in [-0.25, -0.2) is 4.79 Å². The summed E-state index contributed by atoms with van der Waals surface area (Å²) in [6.45, 7) is 5.48. The summed E-state index contributed by atoms with van der Waals surface area (Å²) < 4.78 is 0. The van der Waals surface area contributed by atoms with Crippen LogP contribution in [0.4, 0.5) is 4.79 Å². The van der Waals surface area contributed by atoms with Crippen LogP contribution in [0, 0.1) is 10.8 Å². The van der Waals surface area contributed by atoms with Crippen LogP contribution in [0.1, 0.15) is 52.4 Å². The average molecular weight is 282 g/mol. The number of nitrogens with one attached hydrogen (secondary N) is 1.